The molecule has 0 unspecified atom stereocenters. The molecule has 0 spiro atoms. The van der Waals surface area contributed by atoms with E-state index >= 15 is 0 Å². The summed E-state index contributed by atoms with van der Waals surface area (Å²) in [6.45, 7) is 2.52. The summed E-state index contributed by atoms with van der Waals surface area (Å²) >= 11 is 0. The van der Waals surface area contributed by atoms with Crippen LogP contribution < -0.4 is 10.6 Å². The van der Waals surface area contributed by atoms with Crippen molar-refractivity contribution in [2.45, 2.75) is 0 Å². The normalized spacial score (nSPS) is 10.2. The summed E-state index contributed by atoms with van der Waals surface area (Å²) in [5.74, 6) is 0. The molecule has 0 bridgehead atoms. The minimum Gasteiger partial charge on any atom is -0.395 e. The van der Waals surface area contributed by atoms with E-state index in [1.54, 1.807) is 0 Å². The average molecular weight is 146 g/mol. The van der Waals surface area contributed by atoms with Gasteiger partial charge in [0.1, 0.15) is 0 Å². The van der Waals surface area contributed by atoms with Crippen molar-refractivity contribution in [2.24, 2.45) is 0 Å². The van der Waals surface area contributed by atoms with Crippen LogP contribution in [0.5, 0.6) is 0 Å². The SMILES string of the molecule is OCC[N]CC[N]CCO. The summed E-state index contributed by atoms with van der Waals surface area (Å²) in [5, 5.41) is 24.5. The molecule has 0 rings (SSSR count). The first-order chi connectivity index (χ1) is 4.91. The molecule has 0 aromatic rings. The number of rotatable bonds is 7. The van der Waals surface area contributed by atoms with Crippen molar-refractivity contribution in [1.29, 1.82) is 0 Å². The van der Waals surface area contributed by atoms with Gasteiger partial charge in [0.25, 0.3) is 0 Å². The van der Waals surface area contributed by atoms with Gasteiger partial charge in [0.05, 0.1) is 13.2 Å². The lowest BCUT2D eigenvalue weighted by Gasteiger charge is -1.98. The predicted octanol–water partition coefficient (Wildman–Crippen LogP) is -1.82. The number of aliphatic hydroxyl groups excluding tert-OH is 2. The van der Waals surface area contributed by atoms with Crippen LogP contribution in [0.15, 0.2) is 0 Å². The maximum atomic E-state index is 8.30. The maximum absolute atomic E-state index is 8.30. The van der Waals surface area contributed by atoms with E-state index in [2.05, 4.69) is 10.6 Å². The summed E-state index contributed by atoms with van der Waals surface area (Å²) in [6, 6.07) is 0. The van der Waals surface area contributed by atoms with E-state index in [-0.39, 0.29) is 13.2 Å². The van der Waals surface area contributed by atoms with Gasteiger partial charge in [-0.2, -0.15) is 0 Å². The molecule has 0 aliphatic carbocycles. The van der Waals surface area contributed by atoms with E-state index in [1.807, 2.05) is 0 Å². The molecule has 0 aliphatic heterocycles. The molecule has 0 fully saturated rings. The van der Waals surface area contributed by atoms with Gasteiger partial charge in [-0.1, -0.05) is 0 Å². The van der Waals surface area contributed by atoms with E-state index in [0.717, 1.165) is 0 Å². The van der Waals surface area contributed by atoms with Gasteiger partial charge in [-0.25, -0.2) is 10.6 Å². The molecule has 60 valence electrons. The second kappa shape index (κ2) is 8.84. The Morgan fingerprint density at radius 3 is 1.40 bits per heavy atom. The Bertz CT molecular complexity index is 53.7. The van der Waals surface area contributed by atoms with Crippen LogP contribution in [0.25, 0.3) is 0 Å². The van der Waals surface area contributed by atoms with Gasteiger partial charge in [-0.3, -0.25) is 0 Å². The molecule has 2 N–H and O–H groups in total. The number of nitrogens with zero attached hydrogens (tertiary/aromatic N) is 2. The summed E-state index contributed by atoms with van der Waals surface area (Å²) in [6.07, 6.45) is 0. The number of hydrogen-bond donors (Lipinski definition) is 2. The number of hydrogen-bond acceptors (Lipinski definition) is 2. The smallest absolute Gasteiger partial charge is 0.0572 e. The molecule has 0 aliphatic rings. The van der Waals surface area contributed by atoms with Crippen molar-refractivity contribution in [1.82, 2.24) is 10.6 Å². The molecular weight excluding hydrogens is 132 g/mol. The lowest BCUT2D eigenvalue weighted by atomic mass is 10.5. The standard InChI is InChI=1S/C6H14N2O2/c9-5-3-7-1-2-8-4-6-10/h9-10H,1-6H2. The highest BCUT2D eigenvalue weighted by atomic mass is 16.3. The van der Waals surface area contributed by atoms with Gasteiger partial charge in [-0.05, 0) is 0 Å². The molecule has 4 nitrogen and oxygen atoms in total. The zero-order valence-electron chi connectivity index (χ0n) is 6.03. The molecule has 0 saturated heterocycles. The fraction of sp³-hybridized carbons (Fsp3) is 1.00. The summed E-state index contributed by atoms with van der Waals surface area (Å²) in [7, 11) is 0. The Morgan fingerprint density at radius 2 is 1.10 bits per heavy atom. The van der Waals surface area contributed by atoms with E-state index in [0.29, 0.717) is 26.2 Å². The lowest BCUT2D eigenvalue weighted by Crippen LogP contribution is -2.21. The van der Waals surface area contributed by atoms with Crippen LogP contribution in [0.1, 0.15) is 0 Å². The largest absolute Gasteiger partial charge is 0.395 e. The average Bonchev–Trinajstić information content (AvgIpc) is 1.97. The predicted molar refractivity (Wildman–Crippen MR) is 37.9 cm³/mol. The monoisotopic (exact) mass is 146 g/mol. The van der Waals surface area contributed by atoms with Gasteiger partial charge in [0.15, 0.2) is 0 Å². The van der Waals surface area contributed by atoms with Crippen molar-refractivity contribution < 1.29 is 10.2 Å². The van der Waals surface area contributed by atoms with Crippen molar-refractivity contribution in [3.8, 4) is 0 Å². The molecule has 4 heteroatoms. The first-order valence-electron chi connectivity index (χ1n) is 3.40. The molecular formula is C6H14N2O2. The minimum absolute atomic E-state index is 0.111. The van der Waals surface area contributed by atoms with Crippen LogP contribution >= 0.6 is 0 Å². The Morgan fingerprint density at radius 1 is 0.700 bits per heavy atom. The topological polar surface area (TPSA) is 68.7 Å². The Balaban J connectivity index is 2.65. The highest BCUT2D eigenvalue weighted by Crippen LogP contribution is 1.64. The van der Waals surface area contributed by atoms with Gasteiger partial charge in [0.2, 0.25) is 0 Å². The fourth-order valence-electron chi connectivity index (χ4n) is 0.506. The van der Waals surface area contributed by atoms with Gasteiger partial charge < -0.3 is 10.2 Å². The molecule has 0 atom stereocenters. The van der Waals surface area contributed by atoms with Crippen molar-refractivity contribution in [2.75, 3.05) is 39.4 Å². The Labute approximate surface area is 61.3 Å². The molecule has 0 saturated carbocycles. The molecule has 0 amide bonds. The lowest BCUT2D eigenvalue weighted by molar-refractivity contribution is 0.284. The Kier molecular flexibility index (Phi) is 8.70. The Hall–Kier alpha value is -0.160. The maximum Gasteiger partial charge on any atom is 0.0572 e. The first-order valence-corrected chi connectivity index (χ1v) is 3.40. The summed E-state index contributed by atoms with van der Waals surface area (Å²) < 4.78 is 0. The first kappa shape index (κ1) is 9.84. The van der Waals surface area contributed by atoms with Gasteiger partial charge in [-0.15, -0.1) is 0 Å². The third-order valence-electron chi connectivity index (χ3n) is 0.932. The zero-order chi connectivity index (χ0) is 7.66. The molecule has 0 aromatic heterocycles. The van der Waals surface area contributed by atoms with Crippen LogP contribution in [0.4, 0.5) is 0 Å². The third-order valence-corrected chi connectivity index (χ3v) is 0.932. The highest BCUT2D eigenvalue weighted by Gasteiger charge is 1.87. The van der Waals surface area contributed by atoms with Crippen LogP contribution in [0, 0.1) is 0 Å². The molecule has 10 heavy (non-hydrogen) atoms. The van der Waals surface area contributed by atoms with Crippen LogP contribution in [-0.4, -0.2) is 49.6 Å². The van der Waals surface area contributed by atoms with Crippen molar-refractivity contribution in [3.63, 3.8) is 0 Å². The molecule has 0 heterocycles. The molecule has 0 aromatic carbocycles. The minimum atomic E-state index is 0.111. The van der Waals surface area contributed by atoms with Gasteiger partial charge >= 0.3 is 0 Å². The third kappa shape index (κ3) is 7.84. The van der Waals surface area contributed by atoms with E-state index in [1.165, 1.54) is 0 Å². The van der Waals surface area contributed by atoms with Crippen LogP contribution in [0.2, 0.25) is 0 Å². The van der Waals surface area contributed by atoms with Gasteiger partial charge in [0, 0.05) is 26.2 Å². The van der Waals surface area contributed by atoms with Crippen LogP contribution in [0.3, 0.4) is 0 Å². The second-order valence-electron chi connectivity index (χ2n) is 1.79. The highest BCUT2D eigenvalue weighted by molar-refractivity contribution is 4.48. The summed E-state index contributed by atoms with van der Waals surface area (Å²) in [5.41, 5.74) is 0. The van der Waals surface area contributed by atoms with Crippen LogP contribution in [-0.2, 0) is 0 Å². The number of aliphatic hydroxyl groups is 2. The van der Waals surface area contributed by atoms with E-state index in [4.69, 9.17) is 10.2 Å². The van der Waals surface area contributed by atoms with Crippen molar-refractivity contribution >= 4 is 0 Å². The molecule has 2 radical (unpaired) electrons. The van der Waals surface area contributed by atoms with E-state index in [9.17, 15) is 0 Å². The second-order valence-corrected chi connectivity index (χ2v) is 1.79. The zero-order valence-corrected chi connectivity index (χ0v) is 6.03. The van der Waals surface area contributed by atoms with E-state index < -0.39 is 0 Å². The fourth-order valence-corrected chi connectivity index (χ4v) is 0.506. The quantitative estimate of drug-likeness (QED) is 0.415. The van der Waals surface area contributed by atoms with Crippen molar-refractivity contribution in [3.05, 3.63) is 0 Å². The summed E-state index contributed by atoms with van der Waals surface area (Å²) in [4.78, 5) is 0.